The van der Waals surface area contributed by atoms with Gasteiger partial charge in [0.25, 0.3) is 0 Å². The average Bonchev–Trinajstić information content (AvgIpc) is 2.80. The molecule has 0 spiro atoms. The molecule has 1 heterocycles. The normalized spacial score (nSPS) is 19.2. The minimum atomic E-state index is 0.273. The third kappa shape index (κ3) is 1.87. The molecule has 1 atom stereocenters. The van der Waals surface area contributed by atoms with E-state index in [4.69, 9.17) is 0 Å². The maximum absolute atomic E-state index is 4.03. The molecule has 0 amide bonds. The molecule has 0 bridgehead atoms. The summed E-state index contributed by atoms with van der Waals surface area (Å²) in [6.07, 6.45) is 4.23. The molecule has 0 aromatic heterocycles. The topological polar surface area (TPSA) is 3.24 Å². The maximum atomic E-state index is 4.03. The van der Waals surface area contributed by atoms with E-state index in [0.717, 1.165) is 0 Å². The molecular weight excluding hydrogens is 242 g/mol. The van der Waals surface area contributed by atoms with Crippen LogP contribution in [0.2, 0.25) is 0 Å². The average molecular weight is 261 g/mol. The van der Waals surface area contributed by atoms with Crippen LogP contribution >= 0.6 is 0 Å². The number of fused-ring (bicyclic) bond motifs is 1. The van der Waals surface area contributed by atoms with Crippen molar-refractivity contribution in [1.82, 2.24) is 0 Å². The Labute approximate surface area is 120 Å². The molecule has 0 fully saturated rings. The van der Waals surface area contributed by atoms with Crippen LogP contribution in [-0.2, 0) is 0 Å². The lowest BCUT2D eigenvalue weighted by Gasteiger charge is -2.22. The predicted octanol–water partition coefficient (Wildman–Crippen LogP) is 5.32. The number of allylic oxidation sites excluding steroid dienone is 2. The van der Waals surface area contributed by atoms with E-state index in [1.54, 1.807) is 0 Å². The van der Waals surface area contributed by atoms with Crippen molar-refractivity contribution in [3.8, 4) is 0 Å². The number of rotatable bonds is 2. The van der Waals surface area contributed by atoms with Gasteiger partial charge in [-0.05, 0) is 37.6 Å². The van der Waals surface area contributed by atoms with E-state index < -0.39 is 0 Å². The summed E-state index contributed by atoms with van der Waals surface area (Å²) in [7, 11) is 0. The zero-order valence-electron chi connectivity index (χ0n) is 12.0. The first-order chi connectivity index (χ1) is 9.76. The maximum Gasteiger partial charge on any atom is 0.0500 e. The van der Waals surface area contributed by atoms with Gasteiger partial charge in [-0.25, -0.2) is 0 Å². The second kappa shape index (κ2) is 5.01. The summed E-state index contributed by atoms with van der Waals surface area (Å²) in [6, 6.07) is 17.2. The fourth-order valence-electron chi connectivity index (χ4n) is 2.99. The van der Waals surface area contributed by atoms with Crippen LogP contribution in [0.15, 0.2) is 73.0 Å². The third-order valence-corrected chi connectivity index (χ3v) is 3.88. The molecule has 0 radical (unpaired) electrons. The molecule has 1 heteroatoms. The fraction of sp³-hybridized carbons (Fsp3) is 0.158. The lowest BCUT2D eigenvalue weighted by molar-refractivity contribution is 1.01. The van der Waals surface area contributed by atoms with E-state index in [2.05, 4.69) is 79.9 Å². The van der Waals surface area contributed by atoms with E-state index in [9.17, 15) is 0 Å². The number of para-hydroxylation sites is 1. The van der Waals surface area contributed by atoms with Gasteiger partial charge in [-0.1, -0.05) is 48.0 Å². The highest BCUT2D eigenvalue weighted by Crippen LogP contribution is 2.48. The van der Waals surface area contributed by atoms with Gasteiger partial charge < -0.3 is 4.90 Å². The Morgan fingerprint density at radius 1 is 1.10 bits per heavy atom. The van der Waals surface area contributed by atoms with Crippen molar-refractivity contribution in [2.75, 3.05) is 4.90 Å². The van der Waals surface area contributed by atoms with Crippen LogP contribution in [0.1, 0.15) is 24.0 Å². The van der Waals surface area contributed by atoms with Crippen molar-refractivity contribution in [2.45, 2.75) is 19.8 Å². The van der Waals surface area contributed by atoms with Crippen LogP contribution in [0, 0.1) is 6.92 Å². The van der Waals surface area contributed by atoms with E-state index >= 15 is 0 Å². The molecule has 0 aliphatic carbocycles. The number of hydrogen-bond donors (Lipinski definition) is 0. The van der Waals surface area contributed by atoms with Crippen LogP contribution in [0.25, 0.3) is 0 Å². The molecule has 1 nitrogen and oxygen atoms in total. The first-order valence-corrected chi connectivity index (χ1v) is 7.00. The first-order valence-electron chi connectivity index (χ1n) is 7.00. The van der Waals surface area contributed by atoms with Crippen LogP contribution in [0.5, 0.6) is 0 Å². The summed E-state index contributed by atoms with van der Waals surface area (Å²) in [5, 5.41) is 0. The SMILES string of the molecule is C=CC1/C(=C\C)N(c2ccccc2)c2ccc(C)cc21. The largest absolute Gasteiger partial charge is 0.313 e. The third-order valence-electron chi connectivity index (χ3n) is 3.88. The van der Waals surface area contributed by atoms with Crippen molar-refractivity contribution < 1.29 is 0 Å². The summed E-state index contributed by atoms with van der Waals surface area (Å²) < 4.78 is 0. The highest BCUT2D eigenvalue weighted by Gasteiger charge is 2.32. The lowest BCUT2D eigenvalue weighted by Crippen LogP contribution is -2.12. The Morgan fingerprint density at radius 3 is 2.50 bits per heavy atom. The molecule has 0 saturated carbocycles. The van der Waals surface area contributed by atoms with Gasteiger partial charge in [-0.3, -0.25) is 0 Å². The van der Waals surface area contributed by atoms with Crippen LogP contribution in [0.4, 0.5) is 11.4 Å². The quantitative estimate of drug-likeness (QED) is 0.661. The zero-order valence-corrected chi connectivity index (χ0v) is 12.0. The number of nitrogens with zero attached hydrogens (tertiary/aromatic N) is 1. The fourth-order valence-corrected chi connectivity index (χ4v) is 2.99. The number of hydrogen-bond acceptors (Lipinski definition) is 1. The minimum absolute atomic E-state index is 0.273. The molecule has 2 aromatic rings. The highest BCUT2D eigenvalue weighted by molar-refractivity contribution is 5.79. The molecule has 20 heavy (non-hydrogen) atoms. The van der Waals surface area contributed by atoms with Crippen LogP contribution in [0.3, 0.4) is 0 Å². The second-order valence-electron chi connectivity index (χ2n) is 5.16. The Hall–Kier alpha value is -2.28. The van der Waals surface area contributed by atoms with E-state index in [1.165, 1.54) is 28.2 Å². The van der Waals surface area contributed by atoms with Gasteiger partial charge in [0.2, 0.25) is 0 Å². The molecule has 0 N–H and O–H groups in total. The molecule has 0 saturated heterocycles. The number of aryl methyl sites for hydroxylation is 1. The van der Waals surface area contributed by atoms with Gasteiger partial charge in [0.1, 0.15) is 0 Å². The molecule has 2 aromatic carbocycles. The van der Waals surface area contributed by atoms with Gasteiger partial charge in [-0.2, -0.15) is 0 Å². The summed E-state index contributed by atoms with van der Waals surface area (Å²) >= 11 is 0. The Balaban J connectivity index is 2.23. The van der Waals surface area contributed by atoms with E-state index in [0.29, 0.717) is 0 Å². The molecule has 100 valence electrons. The van der Waals surface area contributed by atoms with E-state index in [1.807, 2.05) is 6.08 Å². The highest BCUT2D eigenvalue weighted by atomic mass is 15.2. The second-order valence-corrected chi connectivity index (χ2v) is 5.16. The number of benzene rings is 2. The van der Waals surface area contributed by atoms with Gasteiger partial charge in [-0.15, -0.1) is 6.58 Å². The monoisotopic (exact) mass is 261 g/mol. The lowest BCUT2D eigenvalue weighted by atomic mass is 9.97. The van der Waals surface area contributed by atoms with Crippen molar-refractivity contribution in [3.05, 3.63) is 84.1 Å². The molecule has 3 rings (SSSR count). The first kappa shape index (κ1) is 12.7. The summed E-state index contributed by atoms with van der Waals surface area (Å²) in [4.78, 5) is 2.33. The molecule has 1 aliphatic heterocycles. The molecular formula is C19H19N. The summed E-state index contributed by atoms with van der Waals surface area (Å²) in [6.45, 7) is 8.27. The molecule has 1 unspecified atom stereocenters. The summed E-state index contributed by atoms with van der Waals surface area (Å²) in [5.41, 5.74) is 6.39. The van der Waals surface area contributed by atoms with Crippen molar-refractivity contribution in [3.63, 3.8) is 0 Å². The van der Waals surface area contributed by atoms with Crippen LogP contribution < -0.4 is 4.90 Å². The van der Waals surface area contributed by atoms with Crippen molar-refractivity contribution in [2.24, 2.45) is 0 Å². The number of anilines is 2. The van der Waals surface area contributed by atoms with Gasteiger partial charge >= 0.3 is 0 Å². The van der Waals surface area contributed by atoms with Crippen molar-refractivity contribution in [1.29, 1.82) is 0 Å². The predicted molar refractivity (Wildman–Crippen MR) is 86.5 cm³/mol. The Morgan fingerprint density at radius 2 is 1.85 bits per heavy atom. The van der Waals surface area contributed by atoms with Gasteiger partial charge in [0, 0.05) is 17.3 Å². The standard InChI is InChI=1S/C19H19N/c1-4-16-17-13-14(3)11-12-19(17)20(18(16)5-2)15-9-7-6-8-10-15/h4-13,16H,1H2,2-3H3/b18-5+. The van der Waals surface area contributed by atoms with Crippen LogP contribution in [-0.4, -0.2) is 0 Å². The Bertz CT molecular complexity index is 667. The Kier molecular flexibility index (Phi) is 3.19. The zero-order chi connectivity index (χ0) is 14.1. The van der Waals surface area contributed by atoms with Crippen molar-refractivity contribution >= 4 is 11.4 Å². The van der Waals surface area contributed by atoms with Gasteiger partial charge in [0.15, 0.2) is 0 Å². The minimum Gasteiger partial charge on any atom is -0.313 e. The van der Waals surface area contributed by atoms with Gasteiger partial charge in [0.05, 0.1) is 5.69 Å². The van der Waals surface area contributed by atoms with E-state index in [-0.39, 0.29) is 5.92 Å². The summed E-state index contributed by atoms with van der Waals surface area (Å²) in [5.74, 6) is 0.273. The molecule has 1 aliphatic rings. The smallest absolute Gasteiger partial charge is 0.0500 e.